The number of hydrogen-bond acceptors (Lipinski definition) is 3. The number of rotatable bonds is 4. The Balaban J connectivity index is 2.82. The van der Waals surface area contributed by atoms with Crippen LogP contribution in [0.3, 0.4) is 0 Å². The summed E-state index contributed by atoms with van der Waals surface area (Å²) in [5, 5.41) is 3.03. The maximum Gasteiger partial charge on any atom is 0.239 e. The van der Waals surface area contributed by atoms with Gasteiger partial charge in [0, 0.05) is 5.69 Å². The molecule has 1 aromatic carbocycles. The van der Waals surface area contributed by atoms with E-state index in [0.29, 0.717) is 0 Å². The summed E-state index contributed by atoms with van der Waals surface area (Å²) in [5.41, 5.74) is 7.07. The van der Waals surface area contributed by atoms with Gasteiger partial charge in [0.25, 0.3) is 0 Å². The summed E-state index contributed by atoms with van der Waals surface area (Å²) in [7, 11) is 1.62. The molecule has 82 valence electrons. The zero-order chi connectivity index (χ0) is 11.4. The largest absolute Gasteiger partial charge is 0.497 e. The summed E-state index contributed by atoms with van der Waals surface area (Å²) in [6.07, 6.45) is 0. The molecule has 0 aromatic heterocycles. The second kappa shape index (κ2) is 4.68. The van der Waals surface area contributed by atoms with E-state index in [1.807, 2.05) is 25.1 Å². The predicted molar refractivity (Wildman–Crippen MR) is 60.0 cm³/mol. The van der Waals surface area contributed by atoms with Gasteiger partial charge in [-0.25, -0.2) is 0 Å². The van der Waals surface area contributed by atoms with Crippen molar-refractivity contribution in [2.75, 3.05) is 12.4 Å². The first-order chi connectivity index (χ1) is 7.04. The lowest BCUT2D eigenvalue weighted by molar-refractivity contribution is -0.118. The maximum atomic E-state index is 10.9. The van der Waals surface area contributed by atoms with Crippen LogP contribution < -0.4 is 15.8 Å². The third kappa shape index (κ3) is 2.87. The molecule has 1 atom stereocenters. The molecule has 1 unspecified atom stereocenters. The molecule has 0 aliphatic carbocycles. The summed E-state index contributed by atoms with van der Waals surface area (Å²) < 4.78 is 5.08. The first kappa shape index (κ1) is 11.4. The van der Waals surface area contributed by atoms with Gasteiger partial charge in [-0.2, -0.15) is 0 Å². The smallest absolute Gasteiger partial charge is 0.239 e. The second-order valence-electron chi connectivity index (χ2n) is 3.45. The Hall–Kier alpha value is -1.71. The summed E-state index contributed by atoms with van der Waals surface area (Å²) in [6.45, 7) is 3.67. The van der Waals surface area contributed by atoms with Crippen molar-refractivity contribution in [3.05, 3.63) is 23.8 Å². The molecule has 1 rings (SSSR count). The number of nitrogens with one attached hydrogen (secondary N) is 1. The Morgan fingerprint density at radius 2 is 2.20 bits per heavy atom. The number of primary amides is 1. The van der Waals surface area contributed by atoms with Crippen molar-refractivity contribution in [3.63, 3.8) is 0 Å². The van der Waals surface area contributed by atoms with E-state index in [-0.39, 0.29) is 11.9 Å². The first-order valence-electron chi connectivity index (χ1n) is 4.75. The molecular formula is C11H16N2O2. The fourth-order valence-electron chi connectivity index (χ4n) is 1.23. The third-order valence-electron chi connectivity index (χ3n) is 2.23. The monoisotopic (exact) mass is 208 g/mol. The van der Waals surface area contributed by atoms with Gasteiger partial charge in [-0.1, -0.05) is 0 Å². The minimum Gasteiger partial charge on any atom is -0.497 e. The average Bonchev–Trinajstić information content (AvgIpc) is 2.20. The van der Waals surface area contributed by atoms with Crippen molar-refractivity contribution in [2.24, 2.45) is 5.73 Å². The fraction of sp³-hybridized carbons (Fsp3) is 0.364. The topological polar surface area (TPSA) is 64.3 Å². The number of hydrogen-bond donors (Lipinski definition) is 2. The van der Waals surface area contributed by atoms with Crippen LogP contribution in [0.2, 0.25) is 0 Å². The van der Waals surface area contributed by atoms with Gasteiger partial charge in [-0.05, 0) is 37.6 Å². The summed E-state index contributed by atoms with van der Waals surface area (Å²) in [6, 6.07) is 5.23. The highest BCUT2D eigenvalue weighted by atomic mass is 16.5. The molecule has 0 fully saturated rings. The molecule has 0 radical (unpaired) electrons. The van der Waals surface area contributed by atoms with Gasteiger partial charge >= 0.3 is 0 Å². The molecule has 0 saturated carbocycles. The van der Waals surface area contributed by atoms with Crippen molar-refractivity contribution in [1.29, 1.82) is 0 Å². The Morgan fingerprint density at radius 1 is 1.53 bits per heavy atom. The molecule has 0 aliphatic heterocycles. The summed E-state index contributed by atoms with van der Waals surface area (Å²) in [5.74, 6) is 0.426. The van der Waals surface area contributed by atoms with Crippen LogP contribution in [-0.4, -0.2) is 19.1 Å². The quantitative estimate of drug-likeness (QED) is 0.783. The average molecular weight is 208 g/mol. The molecule has 0 aliphatic rings. The van der Waals surface area contributed by atoms with E-state index in [1.54, 1.807) is 14.0 Å². The van der Waals surface area contributed by atoms with Crippen molar-refractivity contribution >= 4 is 11.6 Å². The number of carbonyl (C=O) groups is 1. The van der Waals surface area contributed by atoms with Crippen LogP contribution in [0, 0.1) is 6.92 Å². The Bertz CT molecular complexity index is 364. The highest BCUT2D eigenvalue weighted by Crippen LogP contribution is 2.21. The molecule has 3 N–H and O–H groups in total. The van der Waals surface area contributed by atoms with Crippen LogP contribution in [0.4, 0.5) is 5.69 Å². The van der Waals surface area contributed by atoms with E-state index in [0.717, 1.165) is 17.0 Å². The van der Waals surface area contributed by atoms with Crippen molar-refractivity contribution < 1.29 is 9.53 Å². The normalized spacial score (nSPS) is 11.9. The first-order valence-corrected chi connectivity index (χ1v) is 4.75. The van der Waals surface area contributed by atoms with Gasteiger partial charge in [0.2, 0.25) is 5.91 Å². The highest BCUT2D eigenvalue weighted by Gasteiger charge is 2.09. The molecule has 1 amide bonds. The van der Waals surface area contributed by atoms with Crippen LogP contribution in [0.25, 0.3) is 0 Å². The number of nitrogens with two attached hydrogens (primary N) is 1. The second-order valence-corrected chi connectivity index (χ2v) is 3.45. The Morgan fingerprint density at radius 3 is 2.67 bits per heavy atom. The summed E-state index contributed by atoms with van der Waals surface area (Å²) in [4.78, 5) is 10.9. The van der Waals surface area contributed by atoms with Crippen molar-refractivity contribution in [2.45, 2.75) is 19.9 Å². The molecule has 1 aromatic rings. The van der Waals surface area contributed by atoms with Gasteiger partial charge in [0.1, 0.15) is 11.8 Å². The number of benzene rings is 1. The molecule has 15 heavy (non-hydrogen) atoms. The maximum absolute atomic E-state index is 10.9. The molecule has 4 nitrogen and oxygen atoms in total. The molecule has 0 bridgehead atoms. The third-order valence-corrected chi connectivity index (χ3v) is 2.23. The van der Waals surface area contributed by atoms with Crippen LogP contribution in [0.5, 0.6) is 5.75 Å². The van der Waals surface area contributed by atoms with E-state index < -0.39 is 0 Å². The zero-order valence-electron chi connectivity index (χ0n) is 9.20. The highest BCUT2D eigenvalue weighted by molar-refractivity contribution is 5.82. The Kier molecular flexibility index (Phi) is 3.55. The number of carbonyl (C=O) groups excluding carboxylic acids is 1. The number of methoxy groups -OCH3 is 1. The van der Waals surface area contributed by atoms with E-state index in [4.69, 9.17) is 10.5 Å². The van der Waals surface area contributed by atoms with E-state index in [2.05, 4.69) is 5.32 Å². The molecular weight excluding hydrogens is 192 g/mol. The SMILES string of the molecule is COc1ccc(NC(C)C(N)=O)c(C)c1. The van der Waals surface area contributed by atoms with Crippen LogP contribution in [-0.2, 0) is 4.79 Å². The fourth-order valence-corrected chi connectivity index (χ4v) is 1.23. The van der Waals surface area contributed by atoms with E-state index in [9.17, 15) is 4.79 Å². The van der Waals surface area contributed by atoms with Gasteiger partial charge < -0.3 is 15.8 Å². The number of ether oxygens (including phenoxy) is 1. The van der Waals surface area contributed by atoms with Crippen molar-refractivity contribution in [1.82, 2.24) is 0 Å². The lowest BCUT2D eigenvalue weighted by atomic mass is 10.1. The molecule has 0 heterocycles. The Labute approximate surface area is 89.4 Å². The van der Waals surface area contributed by atoms with Gasteiger partial charge in [0.05, 0.1) is 7.11 Å². The van der Waals surface area contributed by atoms with Crippen LogP contribution in [0.1, 0.15) is 12.5 Å². The molecule has 0 saturated heterocycles. The van der Waals surface area contributed by atoms with Gasteiger partial charge in [-0.15, -0.1) is 0 Å². The predicted octanol–water partition coefficient (Wildman–Crippen LogP) is 1.29. The zero-order valence-corrected chi connectivity index (χ0v) is 9.20. The minimum absolute atomic E-state index is 0.370. The standard InChI is InChI=1S/C11H16N2O2/c1-7-6-9(15-3)4-5-10(7)13-8(2)11(12)14/h4-6,8,13H,1-3H3,(H2,12,14). The molecule has 4 heteroatoms. The van der Waals surface area contributed by atoms with E-state index in [1.165, 1.54) is 0 Å². The van der Waals surface area contributed by atoms with Crippen LogP contribution >= 0.6 is 0 Å². The van der Waals surface area contributed by atoms with Crippen molar-refractivity contribution in [3.8, 4) is 5.75 Å². The molecule has 0 spiro atoms. The number of amides is 1. The summed E-state index contributed by atoms with van der Waals surface area (Å²) >= 11 is 0. The van der Waals surface area contributed by atoms with Gasteiger partial charge in [-0.3, -0.25) is 4.79 Å². The van der Waals surface area contributed by atoms with Crippen LogP contribution in [0.15, 0.2) is 18.2 Å². The number of anilines is 1. The lowest BCUT2D eigenvalue weighted by Gasteiger charge is -2.14. The minimum atomic E-state index is -0.378. The number of aryl methyl sites for hydroxylation is 1. The van der Waals surface area contributed by atoms with Gasteiger partial charge in [0.15, 0.2) is 0 Å². The lowest BCUT2D eigenvalue weighted by Crippen LogP contribution is -2.32. The van der Waals surface area contributed by atoms with E-state index >= 15 is 0 Å².